The number of rotatable bonds is 2. The first-order valence-electron chi connectivity index (χ1n) is 4.42. The lowest BCUT2D eigenvalue weighted by Gasteiger charge is -1.99. The molecule has 0 aliphatic heterocycles. The van der Waals surface area contributed by atoms with Crippen LogP contribution in [0.25, 0.3) is 5.52 Å². The van der Waals surface area contributed by atoms with Crippen LogP contribution in [0.4, 0.5) is 0 Å². The summed E-state index contributed by atoms with van der Waals surface area (Å²) in [6.07, 6.45) is 6.14. The quantitative estimate of drug-likeness (QED) is 0.787. The zero-order chi connectivity index (χ0) is 9.26. The first-order chi connectivity index (χ1) is 6.31. The van der Waals surface area contributed by atoms with Gasteiger partial charge in [0.15, 0.2) is 0 Å². The normalized spacial score (nSPS) is 10.9. The third-order valence-corrected chi connectivity index (χ3v) is 2.51. The lowest BCUT2D eigenvalue weighted by atomic mass is 10.3. The molecule has 0 saturated heterocycles. The molecule has 0 saturated carbocycles. The fourth-order valence-electron chi connectivity index (χ4n) is 1.43. The summed E-state index contributed by atoms with van der Waals surface area (Å²) in [6.45, 7) is 2.17. The number of aryl methyl sites for hydroxylation is 1. The minimum absolute atomic E-state index is 1.03. The van der Waals surface area contributed by atoms with Crippen molar-refractivity contribution in [1.29, 1.82) is 0 Å². The molecule has 0 aliphatic carbocycles. The van der Waals surface area contributed by atoms with E-state index in [1.807, 2.05) is 12.3 Å². The summed E-state index contributed by atoms with van der Waals surface area (Å²) < 4.78 is 3.23. The highest BCUT2D eigenvalue weighted by Crippen LogP contribution is 2.14. The van der Waals surface area contributed by atoms with E-state index >= 15 is 0 Å². The predicted octanol–water partition coefficient (Wildman–Crippen LogP) is 3.05. The first kappa shape index (κ1) is 8.75. The highest BCUT2D eigenvalue weighted by Gasteiger charge is 2.01. The third-order valence-electron chi connectivity index (χ3n) is 2.04. The van der Waals surface area contributed by atoms with Gasteiger partial charge in [0.25, 0.3) is 0 Å². The summed E-state index contributed by atoms with van der Waals surface area (Å²) >= 11 is 3.45. The van der Waals surface area contributed by atoms with Gasteiger partial charge in [-0.05, 0) is 34.5 Å². The molecule has 2 aromatic heterocycles. The van der Waals surface area contributed by atoms with E-state index in [-0.39, 0.29) is 0 Å². The predicted molar refractivity (Wildman–Crippen MR) is 56.9 cm³/mol. The summed E-state index contributed by atoms with van der Waals surface area (Å²) in [5, 5.41) is 0. The van der Waals surface area contributed by atoms with E-state index in [2.05, 4.69) is 44.5 Å². The molecule has 13 heavy (non-hydrogen) atoms. The number of aromatic nitrogens is 2. The van der Waals surface area contributed by atoms with Gasteiger partial charge in [0.1, 0.15) is 5.82 Å². The third kappa shape index (κ3) is 1.61. The molecule has 0 atom stereocenters. The van der Waals surface area contributed by atoms with Crippen LogP contribution in [0.3, 0.4) is 0 Å². The van der Waals surface area contributed by atoms with E-state index < -0.39 is 0 Å². The minimum Gasteiger partial charge on any atom is -0.303 e. The maximum absolute atomic E-state index is 4.37. The summed E-state index contributed by atoms with van der Waals surface area (Å²) in [4.78, 5) is 4.37. The minimum atomic E-state index is 1.03. The lowest BCUT2D eigenvalue weighted by Crippen LogP contribution is -1.93. The second-order valence-corrected chi connectivity index (χ2v) is 3.98. The van der Waals surface area contributed by atoms with Crippen LogP contribution in [0.5, 0.6) is 0 Å². The Morgan fingerprint density at radius 3 is 3.08 bits per heavy atom. The summed E-state index contributed by atoms with van der Waals surface area (Å²) in [7, 11) is 0. The van der Waals surface area contributed by atoms with Crippen molar-refractivity contribution in [3.05, 3.63) is 34.8 Å². The molecule has 2 nitrogen and oxygen atoms in total. The second-order valence-electron chi connectivity index (χ2n) is 3.07. The van der Waals surface area contributed by atoms with Gasteiger partial charge in [-0.3, -0.25) is 0 Å². The molecule has 0 aromatic carbocycles. The van der Waals surface area contributed by atoms with E-state index in [1.165, 1.54) is 0 Å². The number of halogens is 1. The van der Waals surface area contributed by atoms with Crippen LogP contribution in [-0.4, -0.2) is 9.38 Å². The molecule has 2 heterocycles. The van der Waals surface area contributed by atoms with Crippen LogP contribution in [0.1, 0.15) is 19.2 Å². The Hall–Kier alpha value is -0.830. The van der Waals surface area contributed by atoms with E-state index in [0.29, 0.717) is 0 Å². The fraction of sp³-hybridized carbons (Fsp3) is 0.300. The number of hydrogen-bond donors (Lipinski definition) is 0. The maximum atomic E-state index is 4.37. The van der Waals surface area contributed by atoms with Gasteiger partial charge in [0, 0.05) is 17.1 Å². The van der Waals surface area contributed by atoms with Crippen molar-refractivity contribution < 1.29 is 0 Å². The molecule has 0 unspecified atom stereocenters. The number of fused-ring (bicyclic) bond motifs is 1. The lowest BCUT2D eigenvalue weighted by molar-refractivity contribution is 0.830. The van der Waals surface area contributed by atoms with Crippen LogP contribution in [0, 0.1) is 0 Å². The molecule has 2 aromatic rings. The van der Waals surface area contributed by atoms with Gasteiger partial charge in [-0.2, -0.15) is 0 Å². The van der Waals surface area contributed by atoms with Crippen molar-refractivity contribution in [1.82, 2.24) is 9.38 Å². The number of imidazole rings is 1. The molecule has 0 amide bonds. The molecule has 3 heteroatoms. The Balaban J connectivity index is 2.58. The average Bonchev–Trinajstić information content (AvgIpc) is 2.49. The second kappa shape index (κ2) is 3.50. The zero-order valence-corrected chi connectivity index (χ0v) is 9.08. The van der Waals surface area contributed by atoms with Crippen molar-refractivity contribution in [2.45, 2.75) is 19.8 Å². The monoisotopic (exact) mass is 238 g/mol. The Labute approximate surface area is 85.7 Å². The van der Waals surface area contributed by atoms with E-state index in [9.17, 15) is 0 Å². The molecule has 0 radical (unpaired) electrons. The smallest absolute Gasteiger partial charge is 0.113 e. The van der Waals surface area contributed by atoms with Crippen LogP contribution in [0.2, 0.25) is 0 Å². The van der Waals surface area contributed by atoms with E-state index in [0.717, 1.165) is 28.7 Å². The maximum Gasteiger partial charge on any atom is 0.113 e. The first-order valence-corrected chi connectivity index (χ1v) is 5.22. The van der Waals surface area contributed by atoms with Crippen molar-refractivity contribution in [3.8, 4) is 0 Å². The standard InChI is InChI=1S/C10H11BrN2/c1-2-3-10-12-6-9-5-4-8(11)7-13(9)10/h4-7H,2-3H2,1H3. The Bertz CT molecular complexity index is 420. The highest BCUT2D eigenvalue weighted by atomic mass is 79.9. The molecule has 0 fully saturated rings. The Morgan fingerprint density at radius 1 is 1.46 bits per heavy atom. The molecule has 2 rings (SSSR count). The molecule has 0 spiro atoms. The molecule has 0 bridgehead atoms. The van der Waals surface area contributed by atoms with Crippen LogP contribution >= 0.6 is 15.9 Å². The summed E-state index contributed by atoms with van der Waals surface area (Å²) in [6, 6.07) is 4.10. The van der Waals surface area contributed by atoms with Crippen LogP contribution in [-0.2, 0) is 6.42 Å². The van der Waals surface area contributed by atoms with Gasteiger partial charge in [0.2, 0.25) is 0 Å². The number of hydrogen-bond acceptors (Lipinski definition) is 1. The van der Waals surface area contributed by atoms with E-state index in [4.69, 9.17) is 0 Å². The van der Waals surface area contributed by atoms with Crippen LogP contribution < -0.4 is 0 Å². The van der Waals surface area contributed by atoms with Gasteiger partial charge in [0.05, 0.1) is 11.7 Å². The topological polar surface area (TPSA) is 17.3 Å². The Morgan fingerprint density at radius 2 is 2.31 bits per heavy atom. The molecule has 0 aliphatic rings. The van der Waals surface area contributed by atoms with Crippen molar-refractivity contribution in [2.24, 2.45) is 0 Å². The highest BCUT2D eigenvalue weighted by molar-refractivity contribution is 9.10. The zero-order valence-electron chi connectivity index (χ0n) is 7.50. The molecule has 68 valence electrons. The number of pyridine rings is 1. The molecular weight excluding hydrogens is 228 g/mol. The fourth-order valence-corrected chi connectivity index (χ4v) is 1.76. The number of nitrogens with zero attached hydrogens (tertiary/aromatic N) is 2. The molecule has 0 N–H and O–H groups in total. The summed E-state index contributed by atoms with van der Waals surface area (Å²) in [5.74, 6) is 1.14. The SMILES string of the molecule is CCCc1ncc2ccc(Br)cn12. The van der Waals surface area contributed by atoms with Gasteiger partial charge >= 0.3 is 0 Å². The largest absolute Gasteiger partial charge is 0.303 e. The van der Waals surface area contributed by atoms with Crippen molar-refractivity contribution in [3.63, 3.8) is 0 Å². The molecular formula is C10H11BrN2. The van der Waals surface area contributed by atoms with Gasteiger partial charge in [-0.15, -0.1) is 0 Å². The van der Waals surface area contributed by atoms with E-state index in [1.54, 1.807) is 0 Å². The van der Waals surface area contributed by atoms with Gasteiger partial charge in [-0.25, -0.2) is 4.98 Å². The Kier molecular flexibility index (Phi) is 2.36. The van der Waals surface area contributed by atoms with Crippen LogP contribution in [0.15, 0.2) is 29.0 Å². The van der Waals surface area contributed by atoms with Crippen molar-refractivity contribution in [2.75, 3.05) is 0 Å². The van der Waals surface area contributed by atoms with Gasteiger partial charge in [-0.1, -0.05) is 6.92 Å². The van der Waals surface area contributed by atoms with Gasteiger partial charge < -0.3 is 4.40 Å². The summed E-state index contributed by atoms with van der Waals surface area (Å²) in [5.41, 5.74) is 1.16. The average molecular weight is 239 g/mol. The van der Waals surface area contributed by atoms with Crippen molar-refractivity contribution >= 4 is 21.4 Å².